The van der Waals surface area contributed by atoms with Gasteiger partial charge < -0.3 is 15.5 Å². The van der Waals surface area contributed by atoms with Gasteiger partial charge in [0.15, 0.2) is 0 Å². The smallest absolute Gasteiger partial charge is 0.242 e. The molecule has 0 spiro atoms. The molecule has 0 aromatic carbocycles. The number of amides is 2. The fourth-order valence-electron chi connectivity index (χ4n) is 3.65. The molecule has 2 heterocycles. The zero-order valence-electron chi connectivity index (χ0n) is 14.4. The lowest BCUT2D eigenvalue weighted by Gasteiger charge is -2.36. The first-order valence-corrected chi connectivity index (χ1v) is 8.93. The Morgan fingerprint density at radius 1 is 1.28 bits per heavy atom. The van der Waals surface area contributed by atoms with Crippen LogP contribution in [-0.4, -0.2) is 47.9 Å². The lowest BCUT2D eigenvalue weighted by atomic mass is 9.89. The molecule has 7 heteroatoms. The number of hydrogen-bond donors (Lipinski definition) is 2. The number of carbonyl (C=O) groups excluding carboxylic acids is 2. The number of carbonyl (C=O) groups is 2. The van der Waals surface area contributed by atoms with Gasteiger partial charge in [-0.15, -0.1) is 12.4 Å². The Labute approximate surface area is 155 Å². The fraction of sp³-hybridized carbons (Fsp3) is 0.611. The van der Waals surface area contributed by atoms with E-state index in [4.69, 9.17) is 0 Å². The summed E-state index contributed by atoms with van der Waals surface area (Å²) in [7, 11) is 0. The number of nitrogens with zero attached hydrogens (tertiary/aromatic N) is 2. The average molecular weight is 367 g/mol. The molecule has 1 aromatic rings. The van der Waals surface area contributed by atoms with Crippen LogP contribution in [0.25, 0.3) is 0 Å². The molecule has 138 valence electrons. The predicted molar refractivity (Wildman–Crippen MR) is 98.4 cm³/mol. The van der Waals surface area contributed by atoms with Crippen LogP contribution in [0.5, 0.6) is 0 Å². The molecule has 2 N–H and O–H groups in total. The van der Waals surface area contributed by atoms with Crippen LogP contribution in [0, 0.1) is 5.92 Å². The molecule has 1 aromatic heterocycles. The average Bonchev–Trinajstić information content (AvgIpc) is 2.67. The molecule has 25 heavy (non-hydrogen) atoms. The Balaban J connectivity index is 0.00000225. The third kappa shape index (κ3) is 5.16. The summed E-state index contributed by atoms with van der Waals surface area (Å²) in [4.78, 5) is 30.9. The molecule has 2 fully saturated rings. The number of rotatable bonds is 4. The minimum atomic E-state index is -0.0217. The lowest BCUT2D eigenvalue weighted by Crippen LogP contribution is -2.51. The van der Waals surface area contributed by atoms with Crippen LogP contribution < -0.4 is 10.6 Å². The Kier molecular flexibility index (Phi) is 7.65. The van der Waals surface area contributed by atoms with Gasteiger partial charge >= 0.3 is 0 Å². The van der Waals surface area contributed by atoms with E-state index in [0.717, 1.165) is 37.8 Å². The summed E-state index contributed by atoms with van der Waals surface area (Å²) < 4.78 is 0. The Bertz CT molecular complexity index is 563. The summed E-state index contributed by atoms with van der Waals surface area (Å²) in [6, 6.07) is 3.86. The van der Waals surface area contributed by atoms with Crippen LogP contribution in [0.4, 0.5) is 0 Å². The van der Waals surface area contributed by atoms with E-state index in [9.17, 15) is 9.59 Å². The number of nitrogens with one attached hydrogen (secondary N) is 2. The molecule has 0 bridgehead atoms. The van der Waals surface area contributed by atoms with Crippen LogP contribution in [0.3, 0.4) is 0 Å². The van der Waals surface area contributed by atoms with Crippen LogP contribution in [0.2, 0.25) is 0 Å². The third-order valence-electron chi connectivity index (χ3n) is 5.02. The van der Waals surface area contributed by atoms with E-state index >= 15 is 0 Å². The van der Waals surface area contributed by atoms with Gasteiger partial charge in [-0.3, -0.25) is 14.6 Å². The molecule has 3 rings (SSSR count). The van der Waals surface area contributed by atoms with E-state index in [1.807, 2.05) is 17.0 Å². The number of hydrogen-bond acceptors (Lipinski definition) is 4. The number of halogens is 1. The Morgan fingerprint density at radius 2 is 2.08 bits per heavy atom. The monoisotopic (exact) mass is 366 g/mol. The van der Waals surface area contributed by atoms with Gasteiger partial charge in [-0.25, -0.2) is 0 Å². The van der Waals surface area contributed by atoms with Crippen molar-refractivity contribution in [3.63, 3.8) is 0 Å². The molecular formula is C18H27ClN4O2. The van der Waals surface area contributed by atoms with Crippen LogP contribution >= 0.6 is 12.4 Å². The first-order valence-electron chi connectivity index (χ1n) is 8.93. The number of pyridine rings is 1. The van der Waals surface area contributed by atoms with Crippen LogP contribution in [0.15, 0.2) is 24.5 Å². The van der Waals surface area contributed by atoms with Crippen molar-refractivity contribution >= 4 is 24.2 Å². The molecule has 2 aliphatic rings. The van der Waals surface area contributed by atoms with Crippen LogP contribution in [0.1, 0.15) is 43.7 Å². The predicted octanol–water partition coefficient (Wildman–Crippen LogP) is 1.67. The zero-order valence-corrected chi connectivity index (χ0v) is 15.3. The molecule has 1 aliphatic carbocycles. The second-order valence-corrected chi connectivity index (χ2v) is 6.65. The van der Waals surface area contributed by atoms with E-state index in [0.29, 0.717) is 13.1 Å². The maximum Gasteiger partial charge on any atom is 0.242 e. The van der Waals surface area contributed by atoms with Gasteiger partial charge in [0.05, 0.1) is 12.6 Å². The first-order chi connectivity index (χ1) is 11.8. The molecular weight excluding hydrogens is 340 g/mol. The van der Waals surface area contributed by atoms with Gasteiger partial charge in [0.25, 0.3) is 0 Å². The summed E-state index contributed by atoms with van der Waals surface area (Å²) in [5.74, 6) is 0.106. The summed E-state index contributed by atoms with van der Waals surface area (Å²) in [5.41, 5.74) is 1.02. The SMILES string of the molecule is Cl.O=C(NCC(=O)N1CCNCC1c1cccnc1)C1CCCCC1. The van der Waals surface area contributed by atoms with Crippen molar-refractivity contribution in [2.75, 3.05) is 26.2 Å². The van der Waals surface area contributed by atoms with Gasteiger partial charge in [0, 0.05) is 37.9 Å². The maximum atomic E-state index is 12.6. The van der Waals surface area contributed by atoms with Crippen molar-refractivity contribution in [3.05, 3.63) is 30.1 Å². The van der Waals surface area contributed by atoms with Crippen LogP contribution in [-0.2, 0) is 9.59 Å². The molecule has 1 aliphatic heterocycles. The molecule has 2 amide bonds. The normalized spacial score (nSPS) is 21.3. The lowest BCUT2D eigenvalue weighted by molar-refractivity contribution is -0.136. The molecule has 1 saturated carbocycles. The maximum absolute atomic E-state index is 12.6. The van der Waals surface area contributed by atoms with E-state index in [-0.39, 0.29) is 42.7 Å². The minimum absolute atomic E-state index is 0. The highest BCUT2D eigenvalue weighted by Gasteiger charge is 2.29. The molecule has 6 nitrogen and oxygen atoms in total. The zero-order chi connectivity index (χ0) is 16.8. The second kappa shape index (κ2) is 9.73. The van der Waals surface area contributed by atoms with E-state index in [1.165, 1.54) is 6.42 Å². The van der Waals surface area contributed by atoms with Crippen molar-refractivity contribution in [1.82, 2.24) is 20.5 Å². The number of aromatic nitrogens is 1. The minimum Gasteiger partial charge on any atom is -0.347 e. The standard InChI is InChI=1S/C18H26N4O2.ClH/c23-17(13-21-18(24)14-5-2-1-3-6-14)22-10-9-20-12-16(22)15-7-4-8-19-11-15;/h4,7-8,11,14,16,20H,1-3,5-6,9-10,12-13H2,(H,21,24);1H. The topological polar surface area (TPSA) is 74.3 Å². The highest BCUT2D eigenvalue weighted by atomic mass is 35.5. The van der Waals surface area contributed by atoms with Crippen molar-refractivity contribution in [2.45, 2.75) is 38.1 Å². The summed E-state index contributed by atoms with van der Waals surface area (Å²) in [6.45, 7) is 2.23. The third-order valence-corrected chi connectivity index (χ3v) is 5.02. The molecule has 1 unspecified atom stereocenters. The van der Waals surface area contributed by atoms with Gasteiger partial charge in [-0.05, 0) is 24.5 Å². The van der Waals surface area contributed by atoms with Crippen molar-refractivity contribution in [3.8, 4) is 0 Å². The van der Waals surface area contributed by atoms with E-state index in [2.05, 4.69) is 15.6 Å². The largest absolute Gasteiger partial charge is 0.347 e. The van der Waals surface area contributed by atoms with Crippen molar-refractivity contribution in [2.24, 2.45) is 5.92 Å². The van der Waals surface area contributed by atoms with E-state index in [1.54, 1.807) is 12.4 Å². The Morgan fingerprint density at radius 3 is 2.80 bits per heavy atom. The molecule has 1 atom stereocenters. The molecule has 1 saturated heterocycles. The second-order valence-electron chi connectivity index (χ2n) is 6.65. The summed E-state index contributed by atoms with van der Waals surface area (Å²) in [6.07, 6.45) is 8.89. The highest BCUT2D eigenvalue weighted by Crippen LogP contribution is 2.24. The highest BCUT2D eigenvalue weighted by molar-refractivity contribution is 5.86. The first kappa shape index (κ1) is 19.7. The van der Waals surface area contributed by atoms with E-state index < -0.39 is 0 Å². The van der Waals surface area contributed by atoms with Crippen molar-refractivity contribution < 1.29 is 9.59 Å². The summed E-state index contributed by atoms with van der Waals surface area (Å²) >= 11 is 0. The molecule has 0 radical (unpaired) electrons. The van der Waals surface area contributed by atoms with Crippen molar-refractivity contribution in [1.29, 1.82) is 0 Å². The van der Waals surface area contributed by atoms with Gasteiger partial charge in [0.2, 0.25) is 11.8 Å². The fourth-order valence-corrected chi connectivity index (χ4v) is 3.65. The van der Waals surface area contributed by atoms with Gasteiger partial charge in [-0.2, -0.15) is 0 Å². The Hall–Kier alpha value is -1.66. The quantitative estimate of drug-likeness (QED) is 0.850. The number of piperazine rings is 1. The summed E-state index contributed by atoms with van der Waals surface area (Å²) in [5, 5.41) is 6.18. The van der Waals surface area contributed by atoms with Gasteiger partial charge in [-0.1, -0.05) is 25.3 Å². The van der Waals surface area contributed by atoms with Gasteiger partial charge in [0.1, 0.15) is 0 Å².